The van der Waals surface area contributed by atoms with Crippen molar-refractivity contribution in [3.8, 4) is 0 Å². The van der Waals surface area contributed by atoms with E-state index in [1.54, 1.807) is 0 Å². The second-order valence-corrected chi connectivity index (χ2v) is 4.29. The van der Waals surface area contributed by atoms with Crippen molar-refractivity contribution in [1.82, 2.24) is 10.2 Å². The highest BCUT2D eigenvalue weighted by Gasteiger charge is 2.23. The molecule has 84 valence electrons. The number of nitrogens with one attached hydrogen (secondary N) is 2. The molecule has 0 saturated carbocycles. The fourth-order valence-corrected chi connectivity index (χ4v) is 2.16. The first-order valence-corrected chi connectivity index (χ1v) is 5.64. The number of ether oxygens (including phenoxy) is 1. The van der Waals surface area contributed by atoms with E-state index in [0.717, 1.165) is 29.6 Å². The Bertz CT molecular complexity index is 494. The Morgan fingerprint density at radius 1 is 1.50 bits per heavy atom. The highest BCUT2D eigenvalue weighted by molar-refractivity contribution is 5.81. The van der Waals surface area contributed by atoms with E-state index in [1.807, 2.05) is 6.20 Å². The second kappa shape index (κ2) is 3.79. The van der Waals surface area contributed by atoms with Crippen LogP contribution in [0.2, 0.25) is 0 Å². The van der Waals surface area contributed by atoms with Gasteiger partial charge in [-0.15, -0.1) is 0 Å². The fourth-order valence-electron chi connectivity index (χ4n) is 2.16. The normalized spacial score (nSPS) is 25.1. The minimum absolute atomic E-state index is 0.289. The van der Waals surface area contributed by atoms with Crippen molar-refractivity contribution in [2.24, 2.45) is 0 Å². The van der Waals surface area contributed by atoms with E-state index < -0.39 is 0 Å². The largest absolute Gasteiger partial charge is 0.380 e. The van der Waals surface area contributed by atoms with Crippen LogP contribution in [-0.2, 0) is 4.74 Å². The molecule has 1 aromatic heterocycles. The lowest BCUT2D eigenvalue weighted by Crippen LogP contribution is -2.26. The third-order valence-corrected chi connectivity index (χ3v) is 3.17. The number of H-pyrrole nitrogens is 1. The van der Waals surface area contributed by atoms with Crippen LogP contribution in [0.5, 0.6) is 0 Å². The molecule has 4 heteroatoms. The highest BCUT2D eigenvalue weighted by atomic mass is 16.5. The lowest BCUT2D eigenvalue weighted by Gasteiger charge is -2.17. The number of nitrogens with zero attached hydrogens (tertiary/aromatic N) is 1. The molecule has 0 amide bonds. The van der Waals surface area contributed by atoms with Gasteiger partial charge in [0.1, 0.15) is 0 Å². The predicted molar refractivity (Wildman–Crippen MR) is 63.5 cm³/mol. The van der Waals surface area contributed by atoms with Crippen LogP contribution in [0.4, 0.5) is 5.69 Å². The van der Waals surface area contributed by atoms with Gasteiger partial charge in [0, 0.05) is 17.7 Å². The van der Waals surface area contributed by atoms with Crippen molar-refractivity contribution >= 4 is 16.6 Å². The van der Waals surface area contributed by atoms with Crippen LogP contribution in [0, 0.1) is 0 Å². The van der Waals surface area contributed by atoms with Crippen molar-refractivity contribution in [2.75, 3.05) is 11.9 Å². The smallest absolute Gasteiger partial charge is 0.0748 e. The molecule has 1 fully saturated rings. The summed E-state index contributed by atoms with van der Waals surface area (Å²) in [4.78, 5) is 0. The Labute approximate surface area is 94.0 Å². The number of rotatable bonds is 2. The molecule has 4 nitrogen and oxygen atoms in total. The zero-order valence-corrected chi connectivity index (χ0v) is 9.23. The summed E-state index contributed by atoms with van der Waals surface area (Å²) in [5.74, 6) is 0. The second-order valence-electron chi connectivity index (χ2n) is 4.29. The van der Waals surface area contributed by atoms with Gasteiger partial charge >= 0.3 is 0 Å². The molecular formula is C12H15N3O. The van der Waals surface area contributed by atoms with E-state index >= 15 is 0 Å². The number of aromatic amines is 1. The van der Waals surface area contributed by atoms with Crippen LogP contribution < -0.4 is 5.32 Å². The maximum atomic E-state index is 5.53. The number of aromatic nitrogens is 2. The highest BCUT2D eigenvalue weighted by Crippen LogP contribution is 2.21. The van der Waals surface area contributed by atoms with Crippen molar-refractivity contribution in [3.63, 3.8) is 0 Å². The number of anilines is 1. The third-order valence-electron chi connectivity index (χ3n) is 3.17. The van der Waals surface area contributed by atoms with Crippen molar-refractivity contribution < 1.29 is 4.74 Å². The van der Waals surface area contributed by atoms with Gasteiger partial charge in [-0.1, -0.05) is 0 Å². The molecule has 1 aliphatic heterocycles. The Morgan fingerprint density at radius 2 is 2.44 bits per heavy atom. The van der Waals surface area contributed by atoms with E-state index in [0.29, 0.717) is 6.04 Å². The van der Waals surface area contributed by atoms with Crippen LogP contribution in [-0.4, -0.2) is 29.0 Å². The third kappa shape index (κ3) is 1.65. The van der Waals surface area contributed by atoms with E-state index in [-0.39, 0.29) is 6.10 Å². The van der Waals surface area contributed by atoms with Crippen LogP contribution >= 0.6 is 0 Å². The summed E-state index contributed by atoms with van der Waals surface area (Å²) in [6, 6.07) is 6.66. The van der Waals surface area contributed by atoms with Crippen LogP contribution in [0.15, 0.2) is 24.4 Å². The molecule has 1 saturated heterocycles. The van der Waals surface area contributed by atoms with Crippen LogP contribution in [0.3, 0.4) is 0 Å². The molecule has 2 N–H and O–H groups in total. The molecule has 3 rings (SSSR count). The lowest BCUT2D eigenvalue weighted by molar-refractivity contribution is 0.121. The summed E-state index contributed by atoms with van der Waals surface area (Å²) < 4.78 is 5.53. The summed E-state index contributed by atoms with van der Waals surface area (Å²) in [6.45, 7) is 2.96. The Kier molecular flexibility index (Phi) is 2.29. The first-order valence-electron chi connectivity index (χ1n) is 5.64. The molecule has 2 unspecified atom stereocenters. The van der Waals surface area contributed by atoms with Crippen molar-refractivity contribution in [3.05, 3.63) is 24.4 Å². The molecule has 0 aliphatic carbocycles. The molecule has 0 bridgehead atoms. The van der Waals surface area contributed by atoms with Gasteiger partial charge in [-0.3, -0.25) is 5.10 Å². The Morgan fingerprint density at radius 3 is 3.25 bits per heavy atom. The fraction of sp³-hybridized carbons (Fsp3) is 0.417. The van der Waals surface area contributed by atoms with Gasteiger partial charge in [0.2, 0.25) is 0 Å². The molecule has 2 aromatic rings. The Balaban J connectivity index is 1.83. The zero-order chi connectivity index (χ0) is 11.0. The quantitative estimate of drug-likeness (QED) is 0.810. The maximum absolute atomic E-state index is 5.53. The number of hydrogen-bond acceptors (Lipinski definition) is 3. The molecule has 0 radical (unpaired) electrons. The average molecular weight is 217 g/mol. The van der Waals surface area contributed by atoms with Gasteiger partial charge in [-0.05, 0) is 31.5 Å². The molecule has 1 aromatic carbocycles. The van der Waals surface area contributed by atoms with Crippen LogP contribution in [0.1, 0.15) is 13.3 Å². The molecule has 16 heavy (non-hydrogen) atoms. The summed E-state index contributed by atoms with van der Waals surface area (Å²) >= 11 is 0. The van der Waals surface area contributed by atoms with E-state index in [9.17, 15) is 0 Å². The summed E-state index contributed by atoms with van der Waals surface area (Å²) in [6.07, 6.45) is 3.19. The Hall–Kier alpha value is -1.55. The lowest BCUT2D eigenvalue weighted by atomic mass is 10.1. The SMILES string of the molecule is CC1OCCC1Nc1ccc2cn[nH]c2c1. The molecule has 2 atom stereocenters. The van der Waals surface area contributed by atoms with Crippen molar-refractivity contribution in [2.45, 2.75) is 25.5 Å². The van der Waals surface area contributed by atoms with E-state index in [4.69, 9.17) is 4.74 Å². The van der Waals surface area contributed by atoms with Gasteiger partial charge in [0.05, 0.1) is 23.9 Å². The van der Waals surface area contributed by atoms with Gasteiger partial charge in [0.25, 0.3) is 0 Å². The summed E-state index contributed by atoms with van der Waals surface area (Å²) in [5, 5.41) is 11.6. The topological polar surface area (TPSA) is 49.9 Å². The van der Waals surface area contributed by atoms with E-state index in [2.05, 4.69) is 40.6 Å². The first kappa shape index (κ1) is 9.66. The minimum atomic E-state index is 0.289. The zero-order valence-electron chi connectivity index (χ0n) is 9.23. The van der Waals surface area contributed by atoms with Gasteiger partial charge in [-0.2, -0.15) is 5.10 Å². The summed E-state index contributed by atoms with van der Waals surface area (Å²) in [5.41, 5.74) is 2.19. The molecular weight excluding hydrogens is 202 g/mol. The van der Waals surface area contributed by atoms with E-state index in [1.165, 1.54) is 0 Å². The minimum Gasteiger partial charge on any atom is -0.380 e. The number of hydrogen-bond donors (Lipinski definition) is 2. The summed E-state index contributed by atoms with van der Waals surface area (Å²) in [7, 11) is 0. The van der Waals surface area contributed by atoms with Gasteiger partial charge in [0.15, 0.2) is 0 Å². The van der Waals surface area contributed by atoms with Crippen LogP contribution in [0.25, 0.3) is 10.9 Å². The number of benzene rings is 1. The number of fused-ring (bicyclic) bond motifs is 1. The molecule has 1 aliphatic rings. The monoisotopic (exact) mass is 217 g/mol. The maximum Gasteiger partial charge on any atom is 0.0748 e. The average Bonchev–Trinajstić information content (AvgIpc) is 2.88. The van der Waals surface area contributed by atoms with Gasteiger partial charge in [-0.25, -0.2) is 0 Å². The first-order chi connectivity index (χ1) is 7.83. The van der Waals surface area contributed by atoms with Gasteiger partial charge < -0.3 is 10.1 Å². The van der Waals surface area contributed by atoms with Crippen molar-refractivity contribution in [1.29, 1.82) is 0 Å². The standard InChI is InChI=1S/C12H15N3O/c1-8-11(4-5-16-8)14-10-3-2-9-7-13-15-12(9)6-10/h2-3,6-8,11,14H,4-5H2,1H3,(H,13,15). The predicted octanol–water partition coefficient (Wildman–Crippen LogP) is 2.15. The molecule has 2 heterocycles. The molecule has 0 spiro atoms.